The quantitative estimate of drug-likeness (QED) is 0.336. The number of para-hydroxylation sites is 1. The number of aliphatic carboxylic acids is 1. The number of ether oxygens (including phenoxy) is 2. The third-order valence-electron chi connectivity index (χ3n) is 5.21. The fourth-order valence-electron chi connectivity index (χ4n) is 3.41. The van der Waals surface area contributed by atoms with Crippen LogP contribution in [0.2, 0.25) is 0 Å². The summed E-state index contributed by atoms with van der Waals surface area (Å²) >= 11 is 0. The Balaban J connectivity index is 1.47. The van der Waals surface area contributed by atoms with E-state index in [0.717, 1.165) is 11.3 Å². The first-order valence-electron chi connectivity index (χ1n) is 11.0. The van der Waals surface area contributed by atoms with Gasteiger partial charge in [0.2, 0.25) is 0 Å². The van der Waals surface area contributed by atoms with Crippen LogP contribution in [0.25, 0.3) is 11.1 Å². The molecule has 0 aliphatic carbocycles. The number of carbonyl (C=O) groups is 1. The minimum absolute atomic E-state index is 0.376. The van der Waals surface area contributed by atoms with Gasteiger partial charge in [0.1, 0.15) is 29.4 Å². The highest BCUT2D eigenvalue weighted by Gasteiger charge is 2.16. The molecule has 1 heterocycles. The van der Waals surface area contributed by atoms with Crippen LogP contribution in [0.1, 0.15) is 12.5 Å². The summed E-state index contributed by atoms with van der Waals surface area (Å²) < 4.78 is 30.8. The van der Waals surface area contributed by atoms with Gasteiger partial charge in [0.15, 0.2) is 11.7 Å². The maximum absolute atomic E-state index is 13.6. The molecule has 1 aromatic heterocycles. The summed E-state index contributed by atoms with van der Waals surface area (Å²) in [6.07, 6.45) is -0.320. The van der Waals surface area contributed by atoms with Gasteiger partial charge in [0.25, 0.3) is 6.01 Å². The molecule has 0 aliphatic heterocycles. The fourth-order valence-corrected chi connectivity index (χ4v) is 3.41. The van der Waals surface area contributed by atoms with Crippen LogP contribution in [0, 0.1) is 5.82 Å². The molecule has 1 N–H and O–H groups in total. The predicted octanol–water partition coefficient (Wildman–Crippen LogP) is 4.95. The zero-order valence-electron chi connectivity index (χ0n) is 18.7. The van der Waals surface area contributed by atoms with Crippen molar-refractivity contribution in [2.45, 2.75) is 19.4 Å². The van der Waals surface area contributed by atoms with Crippen molar-refractivity contribution in [2.75, 3.05) is 24.6 Å². The van der Waals surface area contributed by atoms with E-state index in [9.17, 15) is 9.18 Å². The summed E-state index contributed by atoms with van der Waals surface area (Å²) in [5.41, 5.74) is 1.91. The first-order chi connectivity index (χ1) is 16.5. The number of anilines is 1. The standard InChI is InChI=1S/C26H25FN2O5/c1-18(25(30)31)33-22-9-5-6-19(16-22)12-13-29(14-15-32-21-7-3-2-4-8-21)26-28-23-17-20(27)10-11-24(23)34-26/h2-11,16-18H,12-15H2,1H3,(H,30,31). The molecule has 0 bridgehead atoms. The van der Waals surface area contributed by atoms with Crippen molar-refractivity contribution < 1.29 is 28.2 Å². The highest BCUT2D eigenvalue weighted by atomic mass is 19.1. The summed E-state index contributed by atoms with van der Waals surface area (Å²) in [5, 5.41) is 9.07. The van der Waals surface area contributed by atoms with Gasteiger partial charge in [0.05, 0.1) is 6.54 Å². The van der Waals surface area contributed by atoms with Crippen molar-refractivity contribution in [3.8, 4) is 11.5 Å². The third-order valence-corrected chi connectivity index (χ3v) is 5.21. The van der Waals surface area contributed by atoms with Crippen molar-refractivity contribution in [3.05, 3.63) is 84.2 Å². The van der Waals surface area contributed by atoms with Crippen LogP contribution in [0.15, 0.2) is 77.2 Å². The molecule has 0 saturated carbocycles. The van der Waals surface area contributed by atoms with Crippen LogP contribution >= 0.6 is 0 Å². The van der Waals surface area contributed by atoms with Crippen molar-refractivity contribution >= 4 is 23.1 Å². The highest BCUT2D eigenvalue weighted by Crippen LogP contribution is 2.24. The van der Waals surface area contributed by atoms with E-state index in [-0.39, 0.29) is 5.82 Å². The largest absolute Gasteiger partial charge is 0.492 e. The molecule has 0 spiro atoms. The van der Waals surface area contributed by atoms with E-state index in [1.165, 1.54) is 19.1 Å². The Morgan fingerprint density at radius 3 is 2.65 bits per heavy atom. The van der Waals surface area contributed by atoms with Crippen LogP contribution in [-0.4, -0.2) is 41.9 Å². The lowest BCUT2D eigenvalue weighted by Gasteiger charge is -2.21. The predicted molar refractivity (Wildman–Crippen MR) is 126 cm³/mol. The lowest BCUT2D eigenvalue weighted by Crippen LogP contribution is -2.30. The van der Waals surface area contributed by atoms with E-state index in [0.29, 0.717) is 49.0 Å². The summed E-state index contributed by atoms with van der Waals surface area (Å²) in [6.45, 7) is 2.93. The lowest BCUT2D eigenvalue weighted by molar-refractivity contribution is -0.144. The van der Waals surface area contributed by atoms with Gasteiger partial charge in [-0.15, -0.1) is 0 Å². The second-order valence-corrected chi connectivity index (χ2v) is 7.75. The SMILES string of the molecule is CC(Oc1cccc(CCN(CCOc2ccccc2)c2nc3cc(F)ccc3o2)c1)C(=O)O. The molecule has 1 unspecified atom stereocenters. The number of carboxylic acid groups (broad SMARTS) is 1. The van der Waals surface area contributed by atoms with Crippen molar-refractivity contribution in [2.24, 2.45) is 0 Å². The van der Waals surface area contributed by atoms with Crippen LogP contribution in [0.5, 0.6) is 11.5 Å². The van der Waals surface area contributed by atoms with Crippen molar-refractivity contribution in [1.82, 2.24) is 4.98 Å². The maximum Gasteiger partial charge on any atom is 0.344 e. The molecule has 176 valence electrons. The third kappa shape index (κ3) is 6.04. The zero-order valence-corrected chi connectivity index (χ0v) is 18.7. The van der Waals surface area contributed by atoms with Crippen molar-refractivity contribution in [3.63, 3.8) is 0 Å². The molecule has 0 radical (unpaired) electrons. The first-order valence-corrected chi connectivity index (χ1v) is 11.0. The van der Waals surface area contributed by atoms with Crippen LogP contribution in [0.4, 0.5) is 10.4 Å². The molecule has 1 atom stereocenters. The minimum atomic E-state index is -1.03. The molecule has 4 aromatic rings. The zero-order chi connectivity index (χ0) is 23.9. The smallest absolute Gasteiger partial charge is 0.344 e. The molecule has 0 fully saturated rings. The fraction of sp³-hybridized carbons (Fsp3) is 0.231. The number of hydrogen-bond acceptors (Lipinski definition) is 6. The number of rotatable bonds is 11. The van der Waals surface area contributed by atoms with Crippen LogP contribution in [-0.2, 0) is 11.2 Å². The number of oxazole rings is 1. The Morgan fingerprint density at radius 2 is 1.85 bits per heavy atom. The highest BCUT2D eigenvalue weighted by molar-refractivity contribution is 5.74. The van der Waals surface area contributed by atoms with Gasteiger partial charge in [-0.2, -0.15) is 4.98 Å². The average molecular weight is 464 g/mol. The number of halogens is 1. The van der Waals surface area contributed by atoms with Gasteiger partial charge in [-0.25, -0.2) is 9.18 Å². The summed E-state index contributed by atoms with van der Waals surface area (Å²) in [5.74, 6) is -0.149. The van der Waals surface area contributed by atoms with E-state index in [1.54, 1.807) is 12.1 Å². The molecule has 4 rings (SSSR count). The van der Waals surface area contributed by atoms with E-state index < -0.39 is 12.1 Å². The molecule has 3 aromatic carbocycles. The number of aromatic nitrogens is 1. The van der Waals surface area contributed by atoms with E-state index in [2.05, 4.69) is 4.98 Å². The Labute approximate surface area is 196 Å². The average Bonchev–Trinajstić information content (AvgIpc) is 3.25. The topological polar surface area (TPSA) is 85.0 Å². The Bertz CT molecular complexity index is 1240. The minimum Gasteiger partial charge on any atom is -0.492 e. The molecule has 0 aliphatic rings. The summed E-state index contributed by atoms with van der Waals surface area (Å²) in [6, 6.07) is 21.4. The van der Waals surface area contributed by atoms with Gasteiger partial charge in [-0.05, 0) is 55.3 Å². The monoisotopic (exact) mass is 464 g/mol. The summed E-state index contributed by atoms with van der Waals surface area (Å²) in [7, 11) is 0. The van der Waals surface area contributed by atoms with E-state index >= 15 is 0 Å². The van der Waals surface area contributed by atoms with Crippen LogP contribution < -0.4 is 14.4 Å². The van der Waals surface area contributed by atoms with Crippen molar-refractivity contribution in [1.29, 1.82) is 0 Å². The van der Waals surface area contributed by atoms with Gasteiger partial charge in [0, 0.05) is 12.6 Å². The molecule has 7 nitrogen and oxygen atoms in total. The number of fused-ring (bicyclic) bond motifs is 1. The summed E-state index contributed by atoms with van der Waals surface area (Å²) in [4.78, 5) is 17.5. The Morgan fingerprint density at radius 1 is 1.06 bits per heavy atom. The first kappa shape index (κ1) is 23.1. The van der Waals surface area contributed by atoms with Gasteiger partial charge >= 0.3 is 5.97 Å². The van der Waals surface area contributed by atoms with Gasteiger partial charge in [-0.3, -0.25) is 0 Å². The van der Waals surface area contributed by atoms with E-state index in [1.807, 2.05) is 53.4 Å². The maximum atomic E-state index is 13.6. The number of carboxylic acids is 1. The Hall–Kier alpha value is -4.07. The molecular formula is C26H25FN2O5. The Kier molecular flexibility index (Phi) is 7.27. The van der Waals surface area contributed by atoms with Gasteiger partial charge < -0.3 is 23.9 Å². The molecule has 8 heteroatoms. The lowest BCUT2D eigenvalue weighted by atomic mass is 10.1. The molecule has 0 saturated heterocycles. The molecule has 34 heavy (non-hydrogen) atoms. The molecule has 0 amide bonds. The number of benzene rings is 3. The normalized spacial score (nSPS) is 11.8. The van der Waals surface area contributed by atoms with Crippen LogP contribution in [0.3, 0.4) is 0 Å². The number of hydrogen-bond donors (Lipinski definition) is 1. The van der Waals surface area contributed by atoms with Gasteiger partial charge in [-0.1, -0.05) is 30.3 Å². The second kappa shape index (κ2) is 10.7. The second-order valence-electron chi connectivity index (χ2n) is 7.75. The number of nitrogens with zero attached hydrogens (tertiary/aromatic N) is 2. The van der Waals surface area contributed by atoms with E-state index in [4.69, 9.17) is 19.0 Å². The molecular weight excluding hydrogens is 439 g/mol.